The maximum atomic E-state index is 14.1. The summed E-state index contributed by atoms with van der Waals surface area (Å²) in [7, 11) is 1.47. The second-order valence-corrected chi connectivity index (χ2v) is 9.23. The van der Waals surface area contributed by atoms with Gasteiger partial charge in [0, 0.05) is 17.2 Å². The van der Waals surface area contributed by atoms with Crippen LogP contribution in [0.3, 0.4) is 0 Å². The van der Waals surface area contributed by atoms with E-state index in [0.717, 1.165) is 0 Å². The van der Waals surface area contributed by atoms with Gasteiger partial charge in [-0.15, -0.1) is 0 Å². The summed E-state index contributed by atoms with van der Waals surface area (Å²) >= 11 is 0. The van der Waals surface area contributed by atoms with Crippen molar-refractivity contribution in [2.45, 2.75) is 19.4 Å². The zero-order valence-corrected chi connectivity index (χ0v) is 22.9. The van der Waals surface area contributed by atoms with Crippen molar-refractivity contribution >= 4 is 5.97 Å². The van der Waals surface area contributed by atoms with Crippen molar-refractivity contribution in [1.29, 1.82) is 5.26 Å². The van der Waals surface area contributed by atoms with E-state index in [1.807, 2.05) is 6.92 Å². The minimum atomic E-state index is -0.603. The number of hydrogen-bond donors (Lipinski definition) is 1. The molecule has 1 aliphatic heterocycles. The lowest BCUT2D eigenvalue weighted by atomic mass is 9.83. The molecule has 0 bridgehead atoms. The summed E-state index contributed by atoms with van der Waals surface area (Å²) in [6.45, 7) is 2.20. The smallest absolute Gasteiger partial charge is 0.347 e. The molecule has 4 aromatic rings. The van der Waals surface area contributed by atoms with E-state index in [0.29, 0.717) is 46.3 Å². The molecule has 0 radical (unpaired) electrons. The fraction of sp³-hybridized carbons (Fsp3) is 0.152. The van der Waals surface area contributed by atoms with Gasteiger partial charge in [-0.2, -0.15) is 5.26 Å². The monoisotopic (exact) mass is 566 g/mol. The normalized spacial score (nSPS) is 13.8. The van der Waals surface area contributed by atoms with Crippen LogP contribution in [0.5, 0.6) is 28.7 Å². The van der Waals surface area contributed by atoms with E-state index < -0.39 is 11.9 Å². The van der Waals surface area contributed by atoms with Gasteiger partial charge in [0.2, 0.25) is 5.88 Å². The van der Waals surface area contributed by atoms with Gasteiger partial charge < -0.3 is 29.4 Å². The first-order valence-corrected chi connectivity index (χ1v) is 13.1. The Balaban J connectivity index is 1.46. The summed E-state index contributed by atoms with van der Waals surface area (Å²) in [5.74, 6) is 0.157. The number of carbonyl (C=O) groups is 1. The number of carbonyl (C=O) groups excluding carboxylic acids is 1. The molecule has 1 atom stereocenters. The molecule has 2 N–H and O–H groups in total. The van der Waals surface area contributed by atoms with Crippen LogP contribution in [0.15, 0.2) is 96.4 Å². The first-order valence-electron chi connectivity index (χ1n) is 13.1. The van der Waals surface area contributed by atoms with Gasteiger partial charge in [-0.05, 0) is 48.9 Å². The quantitative estimate of drug-likeness (QED) is 0.187. The van der Waals surface area contributed by atoms with Crippen molar-refractivity contribution in [3.63, 3.8) is 0 Å². The number of fused-ring (bicyclic) bond motifs is 1. The molecule has 9 heteroatoms. The van der Waals surface area contributed by atoms with Crippen molar-refractivity contribution in [3.05, 3.63) is 124 Å². The fourth-order valence-electron chi connectivity index (χ4n) is 4.68. The van der Waals surface area contributed by atoms with Crippen molar-refractivity contribution in [3.8, 4) is 34.8 Å². The topological polar surface area (TPSA) is 113 Å². The summed E-state index contributed by atoms with van der Waals surface area (Å²) in [5.41, 5.74) is 8.41. The predicted octanol–water partition coefficient (Wildman–Crippen LogP) is 6.25. The maximum Gasteiger partial charge on any atom is 0.347 e. The van der Waals surface area contributed by atoms with Crippen LogP contribution >= 0.6 is 0 Å². The minimum absolute atomic E-state index is 0.0127. The van der Waals surface area contributed by atoms with Crippen molar-refractivity contribution < 1.29 is 32.9 Å². The third-order valence-corrected chi connectivity index (χ3v) is 6.67. The van der Waals surface area contributed by atoms with Gasteiger partial charge in [0.1, 0.15) is 46.9 Å². The van der Waals surface area contributed by atoms with E-state index >= 15 is 0 Å². The third-order valence-electron chi connectivity index (χ3n) is 6.67. The Hall–Kier alpha value is -5.49. The van der Waals surface area contributed by atoms with Crippen LogP contribution < -0.4 is 29.4 Å². The Kier molecular flexibility index (Phi) is 8.25. The van der Waals surface area contributed by atoms with Gasteiger partial charge in [-0.25, -0.2) is 9.18 Å². The number of nitrogens with zero attached hydrogens (tertiary/aromatic N) is 1. The number of allylic oxidation sites excluding steroid dienone is 1. The molecule has 0 aliphatic carbocycles. The standard InChI is InChI=1S/C33H27FN2O6/c1-3-39-30-16-20(12-15-28(30)40-19-21-8-4-6-10-26(21)34)31-23-14-13-22(17-29(23)42-32(36)25(31)18-35)41-33(37)24-9-5-7-11-27(24)38-2/h4-17,31H,3,19,36H2,1-2H3. The SMILES string of the molecule is CCOc1cc(C2C(C#N)=C(N)Oc3cc(OC(=O)c4ccccc4OC)ccc32)ccc1OCc1ccccc1F. The number of rotatable bonds is 9. The van der Waals surface area contributed by atoms with Crippen LogP contribution in [0, 0.1) is 17.1 Å². The highest BCUT2D eigenvalue weighted by atomic mass is 19.1. The van der Waals surface area contributed by atoms with Gasteiger partial charge in [0.05, 0.1) is 19.6 Å². The van der Waals surface area contributed by atoms with E-state index in [2.05, 4.69) is 6.07 Å². The van der Waals surface area contributed by atoms with E-state index in [1.54, 1.807) is 78.9 Å². The lowest BCUT2D eigenvalue weighted by molar-refractivity contribution is 0.0731. The lowest BCUT2D eigenvalue weighted by Gasteiger charge is -2.27. The molecular weight excluding hydrogens is 539 g/mol. The van der Waals surface area contributed by atoms with Gasteiger partial charge in [0.15, 0.2) is 11.5 Å². The Bertz CT molecular complexity index is 1710. The molecule has 0 spiro atoms. The van der Waals surface area contributed by atoms with Crippen LogP contribution in [-0.2, 0) is 6.61 Å². The van der Waals surface area contributed by atoms with Crippen molar-refractivity contribution in [1.82, 2.24) is 0 Å². The van der Waals surface area contributed by atoms with E-state index in [4.69, 9.17) is 29.4 Å². The van der Waals surface area contributed by atoms with Gasteiger partial charge in [-0.1, -0.05) is 42.5 Å². The molecule has 212 valence electrons. The summed E-state index contributed by atoms with van der Waals surface area (Å²) in [4.78, 5) is 12.8. The number of ether oxygens (including phenoxy) is 5. The molecule has 0 saturated heterocycles. The van der Waals surface area contributed by atoms with Crippen LogP contribution in [-0.4, -0.2) is 19.7 Å². The van der Waals surface area contributed by atoms with Crippen LogP contribution in [0.1, 0.15) is 39.9 Å². The Morgan fingerprint density at radius 1 is 0.976 bits per heavy atom. The molecule has 4 aromatic carbocycles. The Labute approximate surface area is 242 Å². The number of halogens is 1. The average Bonchev–Trinajstić information content (AvgIpc) is 3.00. The molecule has 0 amide bonds. The fourth-order valence-corrected chi connectivity index (χ4v) is 4.68. The molecule has 1 aliphatic rings. The highest BCUT2D eigenvalue weighted by Gasteiger charge is 2.32. The zero-order chi connectivity index (χ0) is 29.6. The van der Waals surface area contributed by atoms with Gasteiger partial charge in [-0.3, -0.25) is 0 Å². The Morgan fingerprint density at radius 2 is 1.76 bits per heavy atom. The summed E-state index contributed by atoms with van der Waals surface area (Å²) in [6, 6.07) is 25.4. The summed E-state index contributed by atoms with van der Waals surface area (Å²) in [5, 5.41) is 9.99. The second kappa shape index (κ2) is 12.4. The highest BCUT2D eigenvalue weighted by Crippen LogP contribution is 2.45. The van der Waals surface area contributed by atoms with E-state index in [-0.39, 0.29) is 35.2 Å². The van der Waals surface area contributed by atoms with Gasteiger partial charge in [0.25, 0.3) is 0 Å². The van der Waals surface area contributed by atoms with Gasteiger partial charge >= 0.3 is 5.97 Å². The first-order chi connectivity index (χ1) is 20.4. The zero-order valence-electron chi connectivity index (χ0n) is 22.9. The molecule has 0 aromatic heterocycles. The predicted molar refractivity (Wildman–Crippen MR) is 152 cm³/mol. The number of esters is 1. The molecule has 0 saturated carbocycles. The van der Waals surface area contributed by atoms with Crippen LogP contribution in [0.2, 0.25) is 0 Å². The average molecular weight is 567 g/mol. The molecule has 1 unspecified atom stereocenters. The van der Waals surface area contributed by atoms with Crippen molar-refractivity contribution in [2.75, 3.05) is 13.7 Å². The second-order valence-electron chi connectivity index (χ2n) is 9.23. The number of methoxy groups -OCH3 is 1. The third kappa shape index (κ3) is 5.69. The molecule has 5 rings (SSSR count). The molecule has 0 fully saturated rings. The maximum absolute atomic E-state index is 14.1. The lowest BCUT2D eigenvalue weighted by Crippen LogP contribution is -2.21. The number of benzene rings is 4. The summed E-state index contributed by atoms with van der Waals surface area (Å²) in [6.07, 6.45) is 0. The number of hydrogen-bond acceptors (Lipinski definition) is 8. The first kappa shape index (κ1) is 28.1. The number of para-hydroxylation sites is 1. The Morgan fingerprint density at radius 3 is 2.52 bits per heavy atom. The largest absolute Gasteiger partial charge is 0.496 e. The molecule has 42 heavy (non-hydrogen) atoms. The summed E-state index contributed by atoms with van der Waals surface area (Å²) < 4.78 is 42.5. The van der Waals surface area contributed by atoms with E-state index in [9.17, 15) is 14.4 Å². The molecule has 1 heterocycles. The molecule has 8 nitrogen and oxygen atoms in total. The molecular formula is C33H27FN2O6. The van der Waals surface area contributed by atoms with E-state index in [1.165, 1.54) is 13.2 Å². The van der Waals surface area contributed by atoms with Crippen molar-refractivity contribution in [2.24, 2.45) is 5.73 Å². The number of nitriles is 1. The number of nitrogens with two attached hydrogens (primary N) is 1. The van der Waals surface area contributed by atoms with Crippen LogP contribution in [0.25, 0.3) is 0 Å². The van der Waals surface area contributed by atoms with Crippen LogP contribution in [0.4, 0.5) is 4.39 Å². The minimum Gasteiger partial charge on any atom is -0.496 e. The highest BCUT2D eigenvalue weighted by molar-refractivity contribution is 5.94.